The van der Waals surface area contributed by atoms with E-state index >= 15 is 0 Å². The monoisotopic (exact) mass is 400 g/mol. The Kier molecular flexibility index (Phi) is 5.51. The van der Waals surface area contributed by atoms with Gasteiger partial charge in [0.2, 0.25) is 0 Å². The van der Waals surface area contributed by atoms with Crippen LogP contribution in [0.25, 0.3) is 0 Å². The van der Waals surface area contributed by atoms with E-state index < -0.39 is 15.7 Å². The third-order valence-corrected chi connectivity index (χ3v) is 6.52. The predicted molar refractivity (Wildman–Crippen MR) is 95.5 cm³/mol. The summed E-state index contributed by atoms with van der Waals surface area (Å²) < 4.78 is 18.1. The number of ether oxygens (including phenoxy) is 3. The molecule has 1 aliphatic heterocycles. The van der Waals surface area contributed by atoms with Crippen molar-refractivity contribution in [3.05, 3.63) is 30.3 Å². The van der Waals surface area contributed by atoms with E-state index in [4.69, 9.17) is 14.2 Å². The molecule has 134 valence electrons. The second-order valence-electron chi connectivity index (χ2n) is 7.79. The molecule has 1 saturated heterocycles. The summed E-state index contributed by atoms with van der Waals surface area (Å²) in [5.41, 5.74) is -0.538. The van der Waals surface area contributed by atoms with Crippen LogP contribution in [0.15, 0.2) is 30.3 Å². The van der Waals surface area contributed by atoms with Gasteiger partial charge in [-0.1, -0.05) is 0 Å². The Bertz CT molecular complexity index is 579. The topological polar surface area (TPSA) is 44.8 Å². The van der Waals surface area contributed by atoms with Crippen molar-refractivity contribution < 1.29 is 19.0 Å². The number of hydrogen-bond donors (Lipinski definition) is 0. The Morgan fingerprint density at radius 3 is 2.17 bits per heavy atom. The maximum atomic E-state index is 13.1. The van der Waals surface area contributed by atoms with E-state index in [1.54, 1.807) is 0 Å². The van der Waals surface area contributed by atoms with Gasteiger partial charge in [0.15, 0.2) is 0 Å². The predicted octanol–water partition coefficient (Wildman–Crippen LogP) is 3.08. The Morgan fingerprint density at radius 1 is 1.12 bits per heavy atom. The van der Waals surface area contributed by atoms with Gasteiger partial charge in [-0.2, -0.15) is 0 Å². The first kappa shape index (κ1) is 19.5. The van der Waals surface area contributed by atoms with Gasteiger partial charge in [0.05, 0.1) is 0 Å². The van der Waals surface area contributed by atoms with Crippen molar-refractivity contribution >= 4 is 25.4 Å². The minimum atomic E-state index is -0.769. The SMILES string of the molecule is C[C@H]1OC(C)(C)O[C@@H]1[C@](C)([Se]c1ccccc1)C(=O)OC(C)(C)C. The quantitative estimate of drug-likeness (QED) is 0.577. The molecule has 24 heavy (non-hydrogen) atoms. The molecule has 0 bridgehead atoms. The molecule has 0 radical (unpaired) electrons. The summed E-state index contributed by atoms with van der Waals surface area (Å²) >= 11 is -0.153. The molecule has 0 unspecified atom stereocenters. The number of benzene rings is 1. The second kappa shape index (κ2) is 6.80. The van der Waals surface area contributed by atoms with Crippen molar-refractivity contribution in [1.82, 2.24) is 0 Å². The van der Waals surface area contributed by atoms with Gasteiger partial charge in [-0.15, -0.1) is 0 Å². The maximum absolute atomic E-state index is 13.1. The van der Waals surface area contributed by atoms with Gasteiger partial charge >= 0.3 is 151 Å². The molecular formula is C19H28O4Se. The van der Waals surface area contributed by atoms with Crippen molar-refractivity contribution in [2.75, 3.05) is 0 Å². The van der Waals surface area contributed by atoms with Gasteiger partial charge in [0.25, 0.3) is 0 Å². The molecule has 2 rings (SSSR count). The van der Waals surface area contributed by atoms with E-state index in [9.17, 15) is 4.79 Å². The first-order valence-electron chi connectivity index (χ1n) is 8.26. The molecule has 0 saturated carbocycles. The molecule has 1 fully saturated rings. The summed E-state index contributed by atoms with van der Waals surface area (Å²) in [6, 6.07) is 10.1. The number of carbonyl (C=O) groups excluding carboxylic acids is 1. The van der Waals surface area contributed by atoms with Crippen LogP contribution in [-0.4, -0.2) is 44.5 Å². The van der Waals surface area contributed by atoms with Gasteiger partial charge in [-0.3, -0.25) is 0 Å². The van der Waals surface area contributed by atoms with E-state index in [0.717, 1.165) is 4.46 Å². The zero-order chi connectivity index (χ0) is 18.2. The van der Waals surface area contributed by atoms with Crippen LogP contribution in [0.4, 0.5) is 0 Å². The Balaban J connectivity index is 2.35. The molecule has 0 aromatic heterocycles. The third kappa shape index (κ3) is 4.60. The van der Waals surface area contributed by atoms with Crippen molar-refractivity contribution in [3.63, 3.8) is 0 Å². The van der Waals surface area contributed by atoms with Crippen LogP contribution in [0, 0.1) is 0 Å². The molecule has 0 N–H and O–H groups in total. The van der Waals surface area contributed by atoms with Gasteiger partial charge < -0.3 is 0 Å². The normalized spacial score (nSPS) is 26.0. The van der Waals surface area contributed by atoms with Crippen molar-refractivity contribution in [1.29, 1.82) is 0 Å². The van der Waals surface area contributed by atoms with Gasteiger partial charge in [-0.05, 0) is 0 Å². The molecule has 0 amide bonds. The number of esters is 1. The fraction of sp³-hybridized carbons (Fsp3) is 0.632. The minimum absolute atomic E-state index is 0.153. The average molecular weight is 399 g/mol. The summed E-state index contributed by atoms with van der Waals surface area (Å²) in [6.45, 7) is 13.3. The second-order valence-corrected chi connectivity index (χ2v) is 11.0. The van der Waals surface area contributed by atoms with Crippen LogP contribution < -0.4 is 4.46 Å². The van der Waals surface area contributed by atoms with Crippen LogP contribution in [0.5, 0.6) is 0 Å². The van der Waals surface area contributed by atoms with Gasteiger partial charge in [-0.25, -0.2) is 0 Å². The van der Waals surface area contributed by atoms with Crippen LogP contribution in [0.2, 0.25) is 4.31 Å². The zero-order valence-corrected chi connectivity index (χ0v) is 17.3. The summed E-state index contributed by atoms with van der Waals surface area (Å²) in [5.74, 6) is -0.919. The first-order chi connectivity index (χ1) is 10.9. The molecule has 1 aromatic carbocycles. The molecular weight excluding hydrogens is 371 g/mol. The number of hydrogen-bond acceptors (Lipinski definition) is 4. The molecule has 4 nitrogen and oxygen atoms in total. The standard InChI is InChI=1S/C19H28O4Se/c1-13-15(22-18(5,6)21-13)19(7,16(20)23-17(2,3)4)24-14-11-9-8-10-12-14/h8-13,15H,1-7H3/t13-,15+,19+/m1/s1. The zero-order valence-electron chi connectivity index (χ0n) is 15.6. The van der Waals surface area contributed by atoms with Crippen molar-refractivity contribution in [2.24, 2.45) is 0 Å². The van der Waals surface area contributed by atoms with Gasteiger partial charge in [0, 0.05) is 0 Å². The molecule has 0 spiro atoms. The first-order valence-corrected chi connectivity index (χ1v) is 9.97. The number of rotatable bonds is 4. The average Bonchev–Trinajstić information content (AvgIpc) is 2.71. The van der Waals surface area contributed by atoms with Crippen LogP contribution in [0.3, 0.4) is 0 Å². The molecule has 0 aliphatic carbocycles. The van der Waals surface area contributed by atoms with E-state index in [1.165, 1.54) is 0 Å². The Morgan fingerprint density at radius 2 is 1.71 bits per heavy atom. The van der Waals surface area contributed by atoms with Crippen LogP contribution >= 0.6 is 0 Å². The van der Waals surface area contributed by atoms with E-state index in [-0.39, 0.29) is 33.1 Å². The van der Waals surface area contributed by atoms with Crippen molar-refractivity contribution in [3.8, 4) is 0 Å². The van der Waals surface area contributed by atoms with Crippen molar-refractivity contribution in [2.45, 2.75) is 76.4 Å². The van der Waals surface area contributed by atoms with E-state index in [0.29, 0.717) is 0 Å². The number of carbonyl (C=O) groups is 1. The molecule has 5 heteroatoms. The van der Waals surface area contributed by atoms with Crippen LogP contribution in [-0.2, 0) is 19.0 Å². The fourth-order valence-electron chi connectivity index (χ4n) is 2.83. The van der Waals surface area contributed by atoms with Gasteiger partial charge in [0.1, 0.15) is 0 Å². The molecule has 1 heterocycles. The fourth-order valence-corrected chi connectivity index (χ4v) is 5.48. The summed E-state index contributed by atoms with van der Waals surface area (Å²) in [5, 5.41) is 0. The molecule has 3 atom stereocenters. The summed E-state index contributed by atoms with van der Waals surface area (Å²) in [6.07, 6.45) is -0.523. The summed E-state index contributed by atoms with van der Waals surface area (Å²) in [7, 11) is 0. The molecule has 1 aromatic rings. The Labute approximate surface area is 151 Å². The van der Waals surface area contributed by atoms with E-state index in [2.05, 4.69) is 0 Å². The van der Waals surface area contributed by atoms with E-state index in [1.807, 2.05) is 78.8 Å². The van der Waals surface area contributed by atoms with Crippen LogP contribution in [0.1, 0.15) is 48.5 Å². The third-order valence-electron chi connectivity index (χ3n) is 3.73. The molecule has 1 aliphatic rings. The summed E-state index contributed by atoms with van der Waals surface area (Å²) in [4.78, 5) is 13.1. The Hall–Kier alpha value is -0.871.